The fourth-order valence-electron chi connectivity index (χ4n) is 3.81. The number of nitrogens with one attached hydrogen (secondary N) is 2. The highest BCUT2D eigenvalue weighted by Crippen LogP contribution is 2.31. The van der Waals surface area contributed by atoms with Crippen LogP contribution in [0.5, 0.6) is 11.5 Å². The lowest BCUT2D eigenvalue weighted by molar-refractivity contribution is 0.0374. The summed E-state index contributed by atoms with van der Waals surface area (Å²) in [6, 6.07) is 4.99. The highest BCUT2D eigenvalue weighted by molar-refractivity contribution is 5.99. The van der Waals surface area contributed by atoms with E-state index in [4.69, 9.17) is 9.47 Å². The summed E-state index contributed by atoms with van der Waals surface area (Å²) in [5.41, 5.74) is 2.66. The van der Waals surface area contributed by atoms with Gasteiger partial charge in [-0.05, 0) is 37.6 Å². The Kier molecular flexibility index (Phi) is 6.72. The summed E-state index contributed by atoms with van der Waals surface area (Å²) in [5.74, 6) is 0.804. The number of ether oxygens (including phenoxy) is 2. The van der Waals surface area contributed by atoms with Crippen molar-refractivity contribution in [3.05, 3.63) is 41.9 Å². The second-order valence-electron chi connectivity index (χ2n) is 7.64. The molecular formula is C22H28N6O4. The van der Waals surface area contributed by atoms with Crippen LogP contribution in [-0.4, -0.2) is 77.0 Å². The van der Waals surface area contributed by atoms with Crippen molar-refractivity contribution >= 4 is 22.9 Å². The van der Waals surface area contributed by atoms with Crippen LogP contribution < -0.4 is 15.4 Å². The van der Waals surface area contributed by atoms with E-state index >= 15 is 0 Å². The molecule has 1 aliphatic rings. The SMILES string of the molecule is COc1ccc(Nc2ncnn3cc(C(=O)NCCCN4CCOCC4)c(C)c23)cc1O. The van der Waals surface area contributed by atoms with Crippen molar-refractivity contribution in [3.63, 3.8) is 0 Å². The average molecular weight is 441 g/mol. The van der Waals surface area contributed by atoms with Crippen molar-refractivity contribution in [1.82, 2.24) is 24.8 Å². The van der Waals surface area contributed by atoms with Gasteiger partial charge in [0.15, 0.2) is 17.3 Å². The highest BCUT2D eigenvalue weighted by Gasteiger charge is 2.18. The van der Waals surface area contributed by atoms with Crippen molar-refractivity contribution in [1.29, 1.82) is 0 Å². The molecule has 170 valence electrons. The Labute approximate surface area is 186 Å². The lowest BCUT2D eigenvalue weighted by Crippen LogP contribution is -2.38. The monoisotopic (exact) mass is 440 g/mol. The fourth-order valence-corrected chi connectivity index (χ4v) is 3.81. The van der Waals surface area contributed by atoms with Gasteiger partial charge in [-0.15, -0.1) is 0 Å². The molecule has 10 heteroatoms. The highest BCUT2D eigenvalue weighted by atomic mass is 16.5. The number of phenols is 1. The zero-order chi connectivity index (χ0) is 22.5. The number of anilines is 2. The largest absolute Gasteiger partial charge is 0.504 e. The molecule has 3 N–H and O–H groups in total. The molecule has 1 aliphatic heterocycles. The standard InChI is InChI=1S/C22H28N6O4/c1-15-17(22(30)23-6-3-7-27-8-10-32-11-9-27)13-28-20(15)21(24-14-25-28)26-16-4-5-19(31-2)18(29)12-16/h4-5,12-14,29H,3,6-11H2,1-2H3,(H,23,30)(H,24,25,26). The van der Waals surface area contributed by atoms with Crippen LogP contribution in [0.15, 0.2) is 30.7 Å². The summed E-state index contributed by atoms with van der Waals surface area (Å²) in [7, 11) is 1.50. The number of carbonyl (C=O) groups excluding carboxylic acids is 1. The number of amides is 1. The van der Waals surface area contributed by atoms with E-state index in [0.717, 1.165) is 44.8 Å². The summed E-state index contributed by atoms with van der Waals surface area (Å²) in [6.45, 7) is 6.85. The number of aromatic nitrogens is 3. The molecular weight excluding hydrogens is 412 g/mol. The Hall–Kier alpha value is -3.37. The number of carbonyl (C=O) groups is 1. The minimum atomic E-state index is -0.136. The van der Waals surface area contributed by atoms with Crippen LogP contribution in [0.25, 0.3) is 5.52 Å². The van der Waals surface area contributed by atoms with E-state index in [9.17, 15) is 9.90 Å². The van der Waals surface area contributed by atoms with Gasteiger partial charge in [0.25, 0.3) is 5.91 Å². The zero-order valence-electron chi connectivity index (χ0n) is 18.3. The van der Waals surface area contributed by atoms with Gasteiger partial charge in [-0.1, -0.05) is 0 Å². The molecule has 10 nitrogen and oxygen atoms in total. The number of morpholine rings is 1. The normalized spacial score (nSPS) is 14.4. The molecule has 0 spiro atoms. The first kappa shape index (κ1) is 21.8. The molecule has 1 fully saturated rings. The molecule has 1 amide bonds. The van der Waals surface area contributed by atoms with E-state index in [1.807, 2.05) is 6.92 Å². The van der Waals surface area contributed by atoms with Gasteiger partial charge in [-0.2, -0.15) is 5.10 Å². The summed E-state index contributed by atoms with van der Waals surface area (Å²) < 4.78 is 12.1. The van der Waals surface area contributed by atoms with Gasteiger partial charge in [-0.3, -0.25) is 9.69 Å². The number of rotatable bonds is 8. The topological polar surface area (TPSA) is 113 Å². The molecule has 0 bridgehead atoms. The van der Waals surface area contributed by atoms with Gasteiger partial charge in [0.05, 0.1) is 25.9 Å². The lowest BCUT2D eigenvalue weighted by atomic mass is 10.1. The molecule has 0 radical (unpaired) electrons. The van der Waals surface area contributed by atoms with Crippen molar-refractivity contribution in [2.75, 3.05) is 51.8 Å². The molecule has 1 aromatic carbocycles. The van der Waals surface area contributed by atoms with Crippen molar-refractivity contribution in [3.8, 4) is 11.5 Å². The number of hydrogen-bond donors (Lipinski definition) is 3. The number of fused-ring (bicyclic) bond motifs is 1. The quantitative estimate of drug-likeness (QED) is 0.456. The molecule has 0 aliphatic carbocycles. The fraction of sp³-hybridized carbons (Fsp3) is 0.409. The second kappa shape index (κ2) is 9.84. The van der Waals surface area contributed by atoms with Gasteiger partial charge in [-0.25, -0.2) is 9.50 Å². The molecule has 0 atom stereocenters. The van der Waals surface area contributed by atoms with Crippen LogP contribution in [-0.2, 0) is 4.74 Å². The number of benzene rings is 1. The van der Waals surface area contributed by atoms with Crippen LogP contribution in [0.4, 0.5) is 11.5 Å². The van der Waals surface area contributed by atoms with E-state index in [0.29, 0.717) is 34.9 Å². The number of phenolic OH excluding ortho intramolecular Hbond substituents is 1. The lowest BCUT2D eigenvalue weighted by Gasteiger charge is -2.26. The van der Waals surface area contributed by atoms with Crippen LogP contribution in [0.3, 0.4) is 0 Å². The zero-order valence-corrected chi connectivity index (χ0v) is 18.3. The van der Waals surface area contributed by atoms with Crippen LogP contribution in [0.2, 0.25) is 0 Å². The number of aromatic hydroxyl groups is 1. The maximum absolute atomic E-state index is 12.8. The van der Waals surface area contributed by atoms with E-state index in [2.05, 4.69) is 25.6 Å². The predicted octanol–water partition coefficient (Wildman–Crippen LogP) is 1.95. The van der Waals surface area contributed by atoms with Crippen molar-refractivity contribution in [2.45, 2.75) is 13.3 Å². The molecule has 2 aromatic heterocycles. The third-order valence-electron chi connectivity index (χ3n) is 5.55. The van der Waals surface area contributed by atoms with Crippen LogP contribution >= 0.6 is 0 Å². The molecule has 3 heterocycles. The predicted molar refractivity (Wildman–Crippen MR) is 120 cm³/mol. The minimum absolute atomic E-state index is 0.0202. The summed E-state index contributed by atoms with van der Waals surface area (Å²) >= 11 is 0. The van der Waals surface area contributed by atoms with Crippen molar-refractivity contribution < 1.29 is 19.4 Å². The summed E-state index contributed by atoms with van der Waals surface area (Å²) in [5, 5.41) is 20.5. The Morgan fingerprint density at radius 3 is 2.88 bits per heavy atom. The van der Waals surface area contributed by atoms with Gasteiger partial charge in [0, 0.05) is 37.6 Å². The number of aryl methyl sites for hydroxylation is 1. The first-order valence-corrected chi connectivity index (χ1v) is 10.6. The Morgan fingerprint density at radius 1 is 1.31 bits per heavy atom. The third kappa shape index (κ3) is 4.76. The maximum Gasteiger partial charge on any atom is 0.253 e. The Morgan fingerprint density at radius 2 is 2.12 bits per heavy atom. The first-order valence-electron chi connectivity index (χ1n) is 10.6. The Balaban J connectivity index is 1.45. The number of nitrogens with zero attached hydrogens (tertiary/aromatic N) is 4. The number of hydrogen-bond acceptors (Lipinski definition) is 8. The minimum Gasteiger partial charge on any atom is -0.504 e. The van der Waals surface area contributed by atoms with Crippen molar-refractivity contribution in [2.24, 2.45) is 0 Å². The van der Waals surface area contributed by atoms with E-state index in [-0.39, 0.29) is 11.7 Å². The molecule has 4 rings (SSSR count). The van der Waals surface area contributed by atoms with E-state index < -0.39 is 0 Å². The van der Waals surface area contributed by atoms with Gasteiger partial charge >= 0.3 is 0 Å². The molecule has 3 aromatic rings. The molecule has 32 heavy (non-hydrogen) atoms. The summed E-state index contributed by atoms with van der Waals surface area (Å²) in [6.07, 6.45) is 4.01. The summed E-state index contributed by atoms with van der Waals surface area (Å²) in [4.78, 5) is 19.5. The molecule has 1 saturated heterocycles. The van der Waals surface area contributed by atoms with E-state index in [1.54, 1.807) is 28.9 Å². The first-order chi connectivity index (χ1) is 15.6. The smallest absolute Gasteiger partial charge is 0.253 e. The molecule has 0 saturated carbocycles. The second-order valence-corrected chi connectivity index (χ2v) is 7.64. The van der Waals surface area contributed by atoms with E-state index in [1.165, 1.54) is 13.4 Å². The maximum atomic E-state index is 12.8. The van der Waals surface area contributed by atoms with Gasteiger partial charge < -0.3 is 25.2 Å². The van der Waals surface area contributed by atoms with Crippen LogP contribution in [0.1, 0.15) is 22.3 Å². The van der Waals surface area contributed by atoms with Gasteiger partial charge in [0.2, 0.25) is 0 Å². The Bertz CT molecular complexity index is 1090. The average Bonchev–Trinajstić information content (AvgIpc) is 3.15. The number of methoxy groups -OCH3 is 1. The van der Waals surface area contributed by atoms with Crippen LogP contribution in [0, 0.1) is 6.92 Å². The van der Waals surface area contributed by atoms with Gasteiger partial charge in [0.1, 0.15) is 11.8 Å². The molecule has 0 unspecified atom stereocenters. The third-order valence-corrected chi connectivity index (χ3v) is 5.55.